The van der Waals surface area contributed by atoms with Crippen LogP contribution in [0.15, 0.2) is 18.2 Å². The number of piperazine rings is 1. The van der Waals surface area contributed by atoms with Crippen LogP contribution in [0.2, 0.25) is 10.0 Å². The van der Waals surface area contributed by atoms with Crippen LogP contribution in [-0.4, -0.2) is 46.9 Å². The molecule has 0 aliphatic carbocycles. The first-order valence-corrected chi connectivity index (χ1v) is 6.40. The minimum Gasteiger partial charge on any atom is -0.480 e. The van der Waals surface area contributed by atoms with E-state index in [2.05, 4.69) is 5.32 Å². The van der Waals surface area contributed by atoms with Gasteiger partial charge in [-0.2, -0.15) is 0 Å². The van der Waals surface area contributed by atoms with Gasteiger partial charge in [-0.15, -0.1) is 0 Å². The van der Waals surface area contributed by atoms with E-state index in [1.54, 1.807) is 0 Å². The molecule has 1 saturated heterocycles. The molecule has 1 unspecified atom stereocenters. The van der Waals surface area contributed by atoms with Crippen molar-refractivity contribution in [3.05, 3.63) is 33.8 Å². The molecule has 0 bridgehead atoms. The summed E-state index contributed by atoms with van der Waals surface area (Å²) in [7, 11) is 0. The zero-order valence-electron chi connectivity index (χ0n) is 10.1. The summed E-state index contributed by atoms with van der Waals surface area (Å²) in [5.74, 6) is -2.20. The standard InChI is InChI=1S/C12H10Cl2N2O4/c13-7-1-6(2-8(14)3-7)11(18)16-5-10(17)15-4-9(16)12(19)20/h1-3,9H,4-5H2,(H,15,17)(H,19,20). The third-order valence-electron chi connectivity index (χ3n) is 2.84. The number of rotatable bonds is 2. The number of hydrogen-bond donors (Lipinski definition) is 2. The molecule has 1 aliphatic rings. The molecule has 1 aromatic rings. The van der Waals surface area contributed by atoms with Crippen molar-refractivity contribution in [2.45, 2.75) is 6.04 Å². The van der Waals surface area contributed by atoms with Crippen LogP contribution in [0, 0.1) is 0 Å². The Bertz CT molecular complexity index is 571. The molecule has 1 atom stereocenters. The summed E-state index contributed by atoms with van der Waals surface area (Å²) in [6, 6.07) is 3.10. The lowest BCUT2D eigenvalue weighted by Gasteiger charge is -2.32. The number of carbonyl (C=O) groups excluding carboxylic acids is 2. The Hall–Kier alpha value is -1.79. The third kappa shape index (κ3) is 3.02. The molecule has 0 radical (unpaired) electrons. The normalized spacial score (nSPS) is 18.6. The molecule has 106 valence electrons. The van der Waals surface area contributed by atoms with Crippen LogP contribution >= 0.6 is 23.2 Å². The molecular formula is C12H10Cl2N2O4. The number of amides is 2. The fraction of sp³-hybridized carbons (Fsp3) is 0.250. The monoisotopic (exact) mass is 316 g/mol. The molecule has 2 rings (SSSR count). The Labute approximate surface area is 124 Å². The van der Waals surface area contributed by atoms with Gasteiger partial charge in [0.25, 0.3) is 5.91 Å². The molecule has 1 aliphatic heterocycles. The summed E-state index contributed by atoms with van der Waals surface area (Å²) in [5.41, 5.74) is 0.142. The number of benzene rings is 1. The van der Waals surface area contributed by atoms with Crippen molar-refractivity contribution in [3.8, 4) is 0 Å². The Kier molecular flexibility index (Phi) is 4.15. The Morgan fingerprint density at radius 1 is 1.25 bits per heavy atom. The van der Waals surface area contributed by atoms with Crippen LogP contribution in [0.4, 0.5) is 0 Å². The highest BCUT2D eigenvalue weighted by molar-refractivity contribution is 6.35. The Balaban J connectivity index is 2.33. The van der Waals surface area contributed by atoms with Crippen LogP contribution in [0.3, 0.4) is 0 Å². The number of carboxylic acid groups (broad SMARTS) is 1. The number of carboxylic acids is 1. The van der Waals surface area contributed by atoms with Crippen molar-refractivity contribution < 1.29 is 19.5 Å². The van der Waals surface area contributed by atoms with Crippen molar-refractivity contribution in [3.63, 3.8) is 0 Å². The summed E-state index contributed by atoms with van der Waals surface area (Å²) >= 11 is 11.6. The van der Waals surface area contributed by atoms with Crippen LogP contribution in [0.1, 0.15) is 10.4 Å². The van der Waals surface area contributed by atoms with E-state index >= 15 is 0 Å². The lowest BCUT2D eigenvalue weighted by Crippen LogP contribution is -2.59. The second kappa shape index (κ2) is 5.68. The van der Waals surface area contributed by atoms with Gasteiger partial charge in [-0.25, -0.2) is 4.79 Å². The molecule has 0 saturated carbocycles. The topological polar surface area (TPSA) is 86.7 Å². The highest BCUT2D eigenvalue weighted by Gasteiger charge is 2.35. The van der Waals surface area contributed by atoms with E-state index in [4.69, 9.17) is 28.3 Å². The van der Waals surface area contributed by atoms with Gasteiger partial charge < -0.3 is 15.3 Å². The van der Waals surface area contributed by atoms with E-state index in [-0.39, 0.29) is 28.7 Å². The van der Waals surface area contributed by atoms with Crippen molar-refractivity contribution in [1.29, 1.82) is 0 Å². The van der Waals surface area contributed by atoms with E-state index in [1.807, 2.05) is 0 Å². The Morgan fingerprint density at radius 2 is 1.85 bits per heavy atom. The minimum absolute atomic E-state index is 0.131. The van der Waals surface area contributed by atoms with Crippen LogP contribution in [0.25, 0.3) is 0 Å². The van der Waals surface area contributed by atoms with Crippen LogP contribution in [0.5, 0.6) is 0 Å². The van der Waals surface area contributed by atoms with Crippen molar-refractivity contribution in [2.24, 2.45) is 0 Å². The number of aliphatic carboxylic acids is 1. The molecule has 2 N–H and O–H groups in total. The first-order valence-electron chi connectivity index (χ1n) is 5.65. The zero-order valence-corrected chi connectivity index (χ0v) is 11.6. The Morgan fingerprint density at radius 3 is 2.40 bits per heavy atom. The van der Waals surface area contributed by atoms with Gasteiger partial charge in [0.1, 0.15) is 12.6 Å². The van der Waals surface area contributed by atoms with Crippen molar-refractivity contribution in [2.75, 3.05) is 13.1 Å². The first kappa shape index (κ1) is 14.6. The maximum absolute atomic E-state index is 12.3. The average molecular weight is 317 g/mol. The molecular weight excluding hydrogens is 307 g/mol. The molecule has 0 spiro atoms. The predicted octanol–water partition coefficient (Wildman–Crippen LogP) is 1.02. The first-order chi connectivity index (χ1) is 9.38. The second-order valence-electron chi connectivity index (χ2n) is 4.25. The number of carbonyl (C=O) groups is 3. The lowest BCUT2D eigenvalue weighted by molar-refractivity contribution is -0.144. The number of halogens is 2. The summed E-state index contributed by atoms with van der Waals surface area (Å²) < 4.78 is 0. The van der Waals surface area contributed by atoms with E-state index < -0.39 is 23.8 Å². The van der Waals surface area contributed by atoms with Gasteiger partial charge in [0.15, 0.2) is 0 Å². The quantitative estimate of drug-likeness (QED) is 0.852. The SMILES string of the molecule is O=C1CN(C(=O)c2cc(Cl)cc(Cl)c2)C(C(=O)O)CN1. The van der Waals surface area contributed by atoms with Crippen LogP contribution in [-0.2, 0) is 9.59 Å². The summed E-state index contributed by atoms with van der Waals surface area (Å²) in [5, 5.41) is 12.0. The molecule has 2 amide bonds. The van der Waals surface area contributed by atoms with Gasteiger partial charge in [-0.3, -0.25) is 9.59 Å². The molecule has 20 heavy (non-hydrogen) atoms. The second-order valence-corrected chi connectivity index (χ2v) is 5.12. The van der Waals surface area contributed by atoms with E-state index in [0.717, 1.165) is 4.90 Å². The maximum atomic E-state index is 12.3. The average Bonchev–Trinajstić information content (AvgIpc) is 2.36. The number of hydrogen-bond acceptors (Lipinski definition) is 3. The van der Waals surface area contributed by atoms with Crippen molar-refractivity contribution in [1.82, 2.24) is 10.2 Å². The van der Waals surface area contributed by atoms with Gasteiger partial charge in [0.05, 0.1) is 0 Å². The summed E-state index contributed by atoms with van der Waals surface area (Å²) in [6.45, 7) is -0.450. The third-order valence-corrected chi connectivity index (χ3v) is 3.27. The van der Waals surface area contributed by atoms with Crippen molar-refractivity contribution >= 4 is 41.0 Å². The smallest absolute Gasteiger partial charge is 0.328 e. The van der Waals surface area contributed by atoms with Crippen LogP contribution < -0.4 is 5.32 Å². The largest absolute Gasteiger partial charge is 0.480 e. The molecule has 8 heteroatoms. The molecule has 1 aromatic carbocycles. The molecule has 1 fully saturated rings. The highest BCUT2D eigenvalue weighted by Crippen LogP contribution is 2.21. The number of nitrogens with one attached hydrogen (secondary N) is 1. The van der Waals surface area contributed by atoms with E-state index in [9.17, 15) is 14.4 Å². The van der Waals surface area contributed by atoms with Gasteiger partial charge in [-0.1, -0.05) is 23.2 Å². The lowest BCUT2D eigenvalue weighted by atomic mass is 10.1. The van der Waals surface area contributed by atoms with E-state index in [1.165, 1.54) is 18.2 Å². The minimum atomic E-state index is -1.19. The van der Waals surface area contributed by atoms with Gasteiger partial charge in [-0.05, 0) is 18.2 Å². The number of nitrogens with zero attached hydrogens (tertiary/aromatic N) is 1. The summed E-state index contributed by atoms with van der Waals surface area (Å²) in [4.78, 5) is 35.8. The molecule has 6 nitrogen and oxygen atoms in total. The zero-order chi connectivity index (χ0) is 14.9. The van der Waals surface area contributed by atoms with Gasteiger partial charge in [0, 0.05) is 22.2 Å². The van der Waals surface area contributed by atoms with Gasteiger partial charge >= 0.3 is 5.97 Å². The maximum Gasteiger partial charge on any atom is 0.328 e. The summed E-state index contributed by atoms with van der Waals surface area (Å²) in [6.07, 6.45) is 0. The predicted molar refractivity (Wildman–Crippen MR) is 71.9 cm³/mol. The van der Waals surface area contributed by atoms with E-state index in [0.29, 0.717) is 0 Å². The van der Waals surface area contributed by atoms with Gasteiger partial charge in [0.2, 0.25) is 5.91 Å². The molecule has 0 aromatic heterocycles. The fourth-order valence-electron chi connectivity index (χ4n) is 1.92. The highest BCUT2D eigenvalue weighted by atomic mass is 35.5. The fourth-order valence-corrected chi connectivity index (χ4v) is 2.44. The molecule has 1 heterocycles.